The maximum atomic E-state index is 13.0. The van der Waals surface area contributed by atoms with Gasteiger partial charge in [-0.3, -0.25) is 14.4 Å². The maximum Gasteiger partial charge on any atom is 0.348 e. The Morgan fingerprint density at radius 1 is 1.23 bits per heavy atom. The minimum absolute atomic E-state index is 0.0865. The molecule has 0 radical (unpaired) electrons. The number of carboxylic acids is 1. The van der Waals surface area contributed by atoms with E-state index in [0.29, 0.717) is 18.2 Å². The van der Waals surface area contributed by atoms with Crippen LogP contribution in [-0.4, -0.2) is 52.9 Å². The number of carbonyl (C=O) groups is 3. The Labute approximate surface area is 171 Å². The summed E-state index contributed by atoms with van der Waals surface area (Å²) in [5.74, 6) is -2.39. The highest BCUT2D eigenvalue weighted by Gasteiger charge is 2.42. The number of rotatable bonds is 6. The lowest BCUT2D eigenvalue weighted by atomic mass is 10.1. The SMILES string of the molecule is CC(=O)O[C@@H](C(=O)O)[C@H]1OCCN(c2ccc3ccc(=O)n(CC4CC4)c3c2)C1=O. The van der Waals surface area contributed by atoms with Crippen LogP contribution in [0.4, 0.5) is 5.69 Å². The van der Waals surface area contributed by atoms with Gasteiger partial charge in [0.25, 0.3) is 11.5 Å². The third kappa shape index (κ3) is 3.93. The van der Waals surface area contributed by atoms with Crippen molar-refractivity contribution < 1.29 is 29.0 Å². The lowest BCUT2D eigenvalue weighted by Gasteiger charge is -2.34. The van der Waals surface area contributed by atoms with Gasteiger partial charge in [0, 0.05) is 31.8 Å². The maximum absolute atomic E-state index is 13.0. The molecular weight excluding hydrogens is 392 g/mol. The number of fused-ring (bicyclic) bond motifs is 1. The van der Waals surface area contributed by atoms with Crippen LogP contribution in [0.2, 0.25) is 0 Å². The number of anilines is 1. The van der Waals surface area contributed by atoms with Gasteiger partial charge in [0.1, 0.15) is 0 Å². The molecule has 2 fully saturated rings. The van der Waals surface area contributed by atoms with Gasteiger partial charge in [-0.05, 0) is 42.3 Å². The number of carboxylic acid groups (broad SMARTS) is 1. The number of morpholine rings is 1. The molecule has 0 unspecified atom stereocenters. The topological polar surface area (TPSA) is 115 Å². The van der Waals surface area contributed by atoms with Crippen molar-refractivity contribution in [2.45, 2.75) is 38.5 Å². The highest BCUT2D eigenvalue weighted by molar-refractivity contribution is 6.01. The first-order valence-corrected chi connectivity index (χ1v) is 9.82. The lowest BCUT2D eigenvalue weighted by molar-refractivity contribution is -0.177. The van der Waals surface area contributed by atoms with E-state index in [2.05, 4.69) is 0 Å². The summed E-state index contributed by atoms with van der Waals surface area (Å²) in [5, 5.41) is 10.3. The molecule has 4 rings (SSSR count). The molecule has 1 N–H and O–H groups in total. The summed E-state index contributed by atoms with van der Waals surface area (Å²) >= 11 is 0. The van der Waals surface area contributed by atoms with Crippen molar-refractivity contribution in [3.63, 3.8) is 0 Å². The molecule has 1 aliphatic heterocycles. The minimum Gasteiger partial charge on any atom is -0.478 e. The van der Waals surface area contributed by atoms with Crippen LogP contribution >= 0.6 is 0 Å². The third-order valence-electron chi connectivity index (χ3n) is 5.36. The van der Waals surface area contributed by atoms with Gasteiger partial charge in [0.05, 0.1) is 12.1 Å². The van der Waals surface area contributed by atoms with E-state index in [0.717, 1.165) is 30.7 Å². The molecule has 0 bridgehead atoms. The Kier molecular flexibility index (Phi) is 5.29. The van der Waals surface area contributed by atoms with Gasteiger partial charge >= 0.3 is 11.9 Å². The number of aromatic nitrogens is 1. The summed E-state index contributed by atoms with van der Waals surface area (Å²) in [5.41, 5.74) is 1.15. The zero-order chi connectivity index (χ0) is 21.4. The smallest absolute Gasteiger partial charge is 0.348 e. The molecule has 30 heavy (non-hydrogen) atoms. The Hall–Kier alpha value is -3.20. The summed E-state index contributed by atoms with van der Waals surface area (Å²) < 4.78 is 11.9. The van der Waals surface area contributed by atoms with Crippen molar-refractivity contribution in [3.05, 3.63) is 40.7 Å². The predicted molar refractivity (Wildman–Crippen MR) is 106 cm³/mol. The van der Waals surface area contributed by atoms with Gasteiger partial charge < -0.3 is 24.0 Å². The average Bonchev–Trinajstić information content (AvgIpc) is 3.52. The molecular formula is C21H22N2O7. The molecule has 1 saturated heterocycles. The van der Waals surface area contributed by atoms with E-state index in [1.54, 1.807) is 22.8 Å². The molecule has 1 aromatic heterocycles. The first-order valence-electron chi connectivity index (χ1n) is 9.82. The summed E-state index contributed by atoms with van der Waals surface area (Å²) in [4.78, 5) is 49.6. The van der Waals surface area contributed by atoms with Gasteiger partial charge in [-0.2, -0.15) is 0 Å². The zero-order valence-electron chi connectivity index (χ0n) is 16.4. The van der Waals surface area contributed by atoms with E-state index >= 15 is 0 Å². The fourth-order valence-electron chi connectivity index (χ4n) is 3.69. The van der Waals surface area contributed by atoms with E-state index < -0.39 is 30.1 Å². The van der Waals surface area contributed by atoms with Crippen molar-refractivity contribution >= 4 is 34.4 Å². The Bertz CT molecular complexity index is 1070. The fourth-order valence-corrected chi connectivity index (χ4v) is 3.69. The van der Waals surface area contributed by atoms with Crippen molar-refractivity contribution in [1.82, 2.24) is 4.57 Å². The van der Waals surface area contributed by atoms with Gasteiger partial charge in [0.15, 0.2) is 6.10 Å². The molecule has 2 aromatic rings. The van der Waals surface area contributed by atoms with E-state index in [9.17, 15) is 24.3 Å². The molecule has 1 amide bonds. The average molecular weight is 414 g/mol. The number of carbonyl (C=O) groups excluding carboxylic acids is 2. The quantitative estimate of drug-likeness (QED) is 0.705. The Morgan fingerprint density at radius 2 is 1.97 bits per heavy atom. The largest absolute Gasteiger partial charge is 0.478 e. The van der Waals surface area contributed by atoms with Gasteiger partial charge in [-0.25, -0.2) is 4.79 Å². The number of hydrogen-bond acceptors (Lipinski definition) is 6. The second kappa shape index (κ2) is 7.91. The number of nitrogens with zero attached hydrogens (tertiary/aromatic N) is 2. The second-order valence-electron chi connectivity index (χ2n) is 7.62. The van der Waals surface area contributed by atoms with Crippen LogP contribution in [-0.2, 0) is 30.4 Å². The van der Waals surface area contributed by atoms with Crippen LogP contribution in [0.1, 0.15) is 19.8 Å². The molecule has 0 spiro atoms. The molecule has 2 atom stereocenters. The van der Waals surface area contributed by atoms with Crippen molar-refractivity contribution in [1.29, 1.82) is 0 Å². The Balaban J connectivity index is 1.68. The summed E-state index contributed by atoms with van der Waals surface area (Å²) in [6.07, 6.45) is -0.982. The van der Waals surface area contributed by atoms with Crippen molar-refractivity contribution in [2.75, 3.05) is 18.1 Å². The number of hydrogen-bond donors (Lipinski definition) is 1. The highest BCUT2D eigenvalue weighted by atomic mass is 16.6. The first-order chi connectivity index (χ1) is 14.3. The molecule has 2 aliphatic rings. The molecule has 1 aliphatic carbocycles. The number of amides is 1. The second-order valence-corrected chi connectivity index (χ2v) is 7.62. The molecule has 1 saturated carbocycles. The van der Waals surface area contributed by atoms with Crippen LogP contribution < -0.4 is 10.5 Å². The number of aliphatic carboxylic acids is 1. The fraction of sp³-hybridized carbons (Fsp3) is 0.429. The van der Waals surface area contributed by atoms with Gasteiger partial charge in [0.2, 0.25) is 6.10 Å². The number of pyridine rings is 1. The monoisotopic (exact) mass is 414 g/mol. The molecule has 9 heteroatoms. The van der Waals surface area contributed by atoms with Crippen molar-refractivity contribution in [2.24, 2.45) is 5.92 Å². The highest BCUT2D eigenvalue weighted by Crippen LogP contribution is 2.32. The number of ether oxygens (including phenoxy) is 2. The zero-order valence-corrected chi connectivity index (χ0v) is 16.4. The predicted octanol–water partition coefficient (Wildman–Crippen LogP) is 1.16. The van der Waals surface area contributed by atoms with Crippen LogP contribution in [0.25, 0.3) is 10.9 Å². The van der Waals surface area contributed by atoms with E-state index in [-0.39, 0.29) is 18.7 Å². The van der Waals surface area contributed by atoms with Gasteiger partial charge in [-0.1, -0.05) is 6.07 Å². The molecule has 2 heterocycles. The van der Waals surface area contributed by atoms with E-state index in [1.807, 2.05) is 6.07 Å². The molecule has 9 nitrogen and oxygen atoms in total. The van der Waals surface area contributed by atoms with E-state index in [1.165, 1.54) is 11.0 Å². The first kappa shape index (κ1) is 20.1. The third-order valence-corrected chi connectivity index (χ3v) is 5.36. The summed E-state index contributed by atoms with van der Waals surface area (Å²) in [7, 11) is 0. The molecule has 1 aromatic carbocycles. The lowest BCUT2D eigenvalue weighted by Crippen LogP contribution is -2.55. The minimum atomic E-state index is -1.73. The standard InChI is InChI=1S/C21H22N2O7/c1-12(24)30-19(21(27)28)18-20(26)22(8-9-29-18)15-6-4-14-5-7-17(25)23(16(14)10-15)11-13-2-3-13/h4-7,10,13,18-19H,2-3,8-9,11H2,1H3,(H,27,28)/t18-,19-/m1/s1. The van der Waals surface area contributed by atoms with Crippen molar-refractivity contribution in [3.8, 4) is 0 Å². The Morgan fingerprint density at radius 3 is 2.63 bits per heavy atom. The number of benzene rings is 1. The van der Waals surface area contributed by atoms with Crippen LogP contribution in [0.3, 0.4) is 0 Å². The molecule has 158 valence electrons. The number of esters is 1. The van der Waals surface area contributed by atoms with Crippen LogP contribution in [0.5, 0.6) is 0 Å². The summed E-state index contributed by atoms with van der Waals surface area (Å²) in [6.45, 7) is 2.01. The van der Waals surface area contributed by atoms with Gasteiger partial charge in [-0.15, -0.1) is 0 Å². The van der Waals surface area contributed by atoms with Crippen LogP contribution in [0, 0.1) is 5.92 Å². The normalized spacial score (nSPS) is 20.2. The summed E-state index contributed by atoms with van der Waals surface area (Å²) in [6, 6.07) is 8.62. The van der Waals surface area contributed by atoms with E-state index in [4.69, 9.17) is 9.47 Å². The van der Waals surface area contributed by atoms with Crippen LogP contribution in [0.15, 0.2) is 35.1 Å².